The van der Waals surface area contributed by atoms with E-state index in [-0.39, 0.29) is 5.60 Å². The van der Waals surface area contributed by atoms with Crippen molar-refractivity contribution in [3.05, 3.63) is 28.2 Å². The topological polar surface area (TPSA) is 21.3 Å². The summed E-state index contributed by atoms with van der Waals surface area (Å²) in [5, 5.41) is 3.61. The van der Waals surface area contributed by atoms with Crippen LogP contribution in [-0.4, -0.2) is 18.2 Å². The van der Waals surface area contributed by atoms with Crippen LogP contribution in [0.3, 0.4) is 0 Å². The van der Waals surface area contributed by atoms with Crippen molar-refractivity contribution in [2.24, 2.45) is 0 Å². The molecular weight excluding hydrogens is 278 g/mol. The maximum atomic E-state index is 5.73. The number of benzene rings is 1. The molecule has 1 N–H and O–H groups in total. The summed E-state index contributed by atoms with van der Waals surface area (Å²) in [4.78, 5) is 0. The standard InChI is InChI=1S/C14H20BrNO/c1-10-4-5-13(12(15)8-10)16-11-6-7-17-14(2,3)9-11/h4-5,8,11,16H,6-7,9H2,1-3H3. The molecule has 17 heavy (non-hydrogen) atoms. The van der Waals surface area contributed by atoms with Crippen LogP contribution in [0.4, 0.5) is 5.69 Å². The minimum absolute atomic E-state index is 0.00686. The summed E-state index contributed by atoms with van der Waals surface area (Å²) in [5.74, 6) is 0. The van der Waals surface area contributed by atoms with Gasteiger partial charge in [0.1, 0.15) is 0 Å². The van der Waals surface area contributed by atoms with Gasteiger partial charge in [-0.3, -0.25) is 0 Å². The van der Waals surface area contributed by atoms with Crippen molar-refractivity contribution in [3.8, 4) is 0 Å². The first-order valence-electron chi connectivity index (χ1n) is 6.13. The number of hydrogen-bond donors (Lipinski definition) is 1. The highest BCUT2D eigenvalue weighted by Gasteiger charge is 2.28. The largest absolute Gasteiger partial charge is 0.381 e. The van der Waals surface area contributed by atoms with Gasteiger partial charge >= 0.3 is 0 Å². The summed E-state index contributed by atoms with van der Waals surface area (Å²) in [6.45, 7) is 7.26. The van der Waals surface area contributed by atoms with Crippen LogP contribution >= 0.6 is 15.9 Å². The van der Waals surface area contributed by atoms with Gasteiger partial charge in [-0.15, -0.1) is 0 Å². The molecule has 1 fully saturated rings. The van der Waals surface area contributed by atoms with E-state index in [0.717, 1.165) is 23.9 Å². The number of aryl methyl sites for hydroxylation is 1. The maximum Gasteiger partial charge on any atom is 0.0646 e. The molecule has 1 atom stereocenters. The second-order valence-electron chi connectivity index (χ2n) is 5.43. The van der Waals surface area contributed by atoms with E-state index in [1.54, 1.807) is 0 Å². The Hall–Kier alpha value is -0.540. The molecule has 1 unspecified atom stereocenters. The number of rotatable bonds is 2. The number of hydrogen-bond acceptors (Lipinski definition) is 2. The molecule has 0 saturated carbocycles. The van der Waals surface area contributed by atoms with E-state index in [1.807, 2.05) is 0 Å². The average molecular weight is 298 g/mol. The molecule has 1 aliphatic heterocycles. The van der Waals surface area contributed by atoms with Crippen molar-refractivity contribution in [1.29, 1.82) is 0 Å². The van der Waals surface area contributed by atoms with Crippen LogP contribution in [0.1, 0.15) is 32.3 Å². The first-order chi connectivity index (χ1) is 7.96. The molecule has 0 bridgehead atoms. The van der Waals surface area contributed by atoms with Crippen LogP contribution < -0.4 is 5.32 Å². The second kappa shape index (κ2) is 4.99. The summed E-state index contributed by atoms with van der Waals surface area (Å²) >= 11 is 3.61. The average Bonchev–Trinajstić information content (AvgIpc) is 2.21. The highest BCUT2D eigenvalue weighted by molar-refractivity contribution is 9.10. The van der Waals surface area contributed by atoms with Crippen molar-refractivity contribution in [2.75, 3.05) is 11.9 Å². The van der Waals surface area contributed by atoms with E-state index in [9.17, 15) is 0 Å². The fourth-order valence-electron chi connectivity index (χ4n) is 2.31. The smallest absolute Gasteiger partial charge is 0.0646 e. The molecule has 94 valence electrons. The Kier molecular flexibility index (Phi) is 3.79. The predicted molar refractivity (Wildman–Crippen MR) is 75.6 cm³/mol. The Labute approximate surface area is 112 Å². The summed E-state index contributed by atoms with van der Waals surface area (Å²) in [7, 11) is 0. The van der Waals surface area contributed by atoms with Gasteiger partial charge in [-0.2, -0.15) is 0 Å². The molecule has 3 heteroatoms. The molecule has 1 aromatic rings. The molecule has 1 aliphatic rings. The fraction of sp³-hybridized carbons (Fsp3) is 0.571. The first-order valence-corrected chi connectivity index (χ1v) is 6.92. The fourth-order valence-corrected chi connectivity index (χ4v) is 2.92. The lowest BCUT2D eigenvalue weighted by molar-refractivity contribution is -0.0553. The molecule has 1 heterocycles. The Balaban J connectivity index is 2.05. The minimum Gasteiger partial charge on any atom is -0.381 e. The van der Waals surface area contributed by atoms with E-state index in [2.05, 4.69) is 60.2 Å². The molecule has 0 spiro atoms. The molecule has 1 saturated heterocycles. The molecule has 0 aromatic heterocycles. The zero-order valence-electron chi connectivity index (χ0n) is 10.7. The summed E-state index contributed by atoms with van der Waals surface area (Å²) in [5.41, 5.74) is 2.45. The molecule has 1 aromatic carbocycles. The van der Waals surface area contributed by atoms with E-state index < -0.39 is 0 Å². The van der Waals surface area contributed by atoms with Crippen molar-refractivity contribution >= 4 is 21.6 Å². The van der Waals surface area contributed by atoms with Crippen molar-refractivity contribution in [1.82, 2.24) is 0 Å². The van der Waals surface area contributed by atoms with Crippen LogP contribution in [0.5, 0.6) is 0 Å². The molecule has 0 radical (unpaired) electrons. The van der Waals surface area contributed by atoms with Gasteiger partial charge in [0.2, 0.25) is 0 Å². The lowest BCUT2D eigenvalue weighted by atomic mass is 9.94. The van der Waals surface area contributed by atoms with Crippen LogP contribution in [0.15, 0.2) is 22.7 Å². The lowest BCUT2D eigenvalue weighted by Crippen LogP contribution is -2.40. The van der Waals surface area contributed by atoms with E-state index in [0.29, 0.717) is 6.04 Å². The Morgan fingerprint density at radius 3 is 2.82 bits per heavy atom. The number of nitrogens with one attached hydrogen (secondary N) is 1. The van der Waals surface area contributed by atoms with Gasteiger partial charge in [0.25, 0.3) is 0 Å². The highest BCUT2D eigenvalue weighted by atomic mass is 79.9. The van der Waals surface area contributed by atoms with Crippen molar-refractivity contribution in [2.45, 2.75) is 45.3 Å². The zero-order chi connectivity index (χ0) is 12.5. The quantitative estimate of drug-likeness (QED) is 0.886. The Bertz CT molecular complexity index is 403. The minimum atomic E-state index is -0.00686. The molecule has 0 amide bonds. The van der Waals surface area contributed by atoms with Gasteiger partial charge in [-0.1, -0.05) is 6.07 Å². The van der Waals surface area contributed by atoms with E-state index in [1.165, 1.54) is 11.3 Å². The molecular formula is C14H20BrNO. The third kappa shape index (κ3) is 3.46. The van der Waals surface area contributed by atoms with Crippen LogP contribution in [0, 0.1) is 6.92 Å². The number of ether oxygens (including phenoxy) is 1. The van der Waals surface area contributed by atoms with Gasteiger partial charge in [-0.25, -0.2) is 0 Å². The first kappa shape index (κ1) is 12.9. The third-order valence-corrected chi connectivity index (χ3v) is 3.84. The van der Waals surface area contributed by atoms with Crippen LogP contribution in [0.2, 0.25) is 0 Å². The zero-order valence-corrected chi connectivity index (χ0v) is 12.3. The third-order valence-electron chi connectivity index (χ3n) is 3.18. The Morgan fingerprint density at radius 2 is 2.18 bits per heavy atom. The SMILES string of the molecule is Cc1ccc(NC2CCOC(C)(C)C2)c(Br)c1. The second-order valence-corrected chi connectivity index (χ2v) is 6.28. The highest BCUT2D eigenvalue weighted by Crippen LogP contribution is 2.29. The molecule has 2 nitrogen and oxygen atoms in total. The summed E-state index contributed by atoms with van der Waals surface area (Å²) < 4.78 is 6.87. The van der Waals surface area contributed by atoms with Gasteiger partial charge in [-0.05, 0) is 67.2 Å². The van der Waals surface area contributed by atoms with Gasteiger partial charge < -0.3 is 10.1 Å². The predicted octanol–water partition coefficient (Wildman–Crippen LogP) is 4.13. The number of anilines is 1. The van der Waals surface area contributed by atoms with E-state index in [4.69, 9.17) is 4.74 Å². The Morgan fingerprint density at radius 1 is 1.41 bits per heavy atom. The van der Waals surface area contributed by atoms with Gasteiger partial charge in [0.15, 0.2) is 0 Å². The van der Waals surface area contributed by atoms with Crippen LogP contribution in [0.25, 0.3) is 0 Å². The normalized spacial score (nSPS) is 23.4. The van der Waals surface area contributed by atoms with Crippen LogP contribution in [-0.2, 0) is 4.74 Å². The summed E-state index contributed by atoms with van der Waals surface area (Å²) in [6, 6.07) is 6.92. The molecule has 0 aliphatic carbocycles. The van der Waals surface area contributed by atoms with Crippen molar-refractivity contribution in [3.63, 3.8) is 0 Å². The van der Waals surface area contributed by atoms with Gasteiger partial charge in [0, 0.05) is 22.8 Å². The summed E-state index contributed by atoms with van der Waals surface area (Å²) in [6.07, 6.45) is 2.12. The van der Waals surface area contributed by atoms with Crippen molar-refractivity contribution < 1.29 is 4.74 Å². The van der Waals surface area contributed by atoms with Gasteiger partial charge in [0.05, 0.1) is 5.60 Å². The lowest BCUT2D eigenvalue weighted by Gasteiger charge is -2.36. The maximum absolute atomic E-state index is 5.73. The van der Waals surface area contributed by atoms with E-state index >= 15 is 0 Å². The number of halogens is 1. The molecule has 2 rings (SSSR count). The monoisotopic (exact) mass is 297 g/mol.